The van der Waals surface area contributed by atoms with Crippen LogP contribution in [-0.2, 0) is 19.1 Å². The molecule has 10 heteroatoms. The Morgan fingerprint density at radius 1 is 0.686 bits per heavy atom. The van der Waals surface area contributed by atoms with E-state index >= 15 is 0 Å². The average molecular weight is 486 g/mol. The molecule has 0 aliphatic carbocycles. The molecule has 0 radical (unpaired) electrons. The first-order valence-corrected chi connectivity index (χ1v) is 10.4. The normalized spacial score (nSPS) is 11.9. The van der Waals surface area contributed by atoms with Gasteiger partial charge in [-0.2, -0.15) is 0 Å². The number of carbonyl (C=O) groups excluding carboxylic acids is 3. The Hall–Kier alpha value is -4.15. The zero-order valence-electron chi connectivity index (χ0n) is 18.8. The Kier molecular flexibility index (Phi) is 11.0. The lowest BCUT2D eigenvalue weighted by molar-refractivity contribution is -0.142. The van der Waals surface area contributed by atoms with Gasteiger partial charge in [0.2, 0.25) is 0 Å². The Morgan fingerprint density at radius 2 is 1.09 bits per heavy atom. The Morgan fingerprint density at radius 3 is 1.51 bits per heavy atom. The molecule has 0 amide bonds. The summed E-state index contributed by atoms with van der Waals surface area (Å²) < 4.78 is 25.5. The lowest BCUT2D eigenvalue weighted by atomic mass is 10.2. The summed E-state index contributed by atoms with van der Waals surface area (Å²) in [5, 5.41) is 19.5. The van der Waals surface area contributed by atoms with Crippen molar-refractivity contribution in [2.45, 2.75) is 12.2 Å². The zero-order valence-corrected chi connectivity index (χ0v) is 18.8. The van der Waals surface area contributed by atoms with Gasteiger partial charge in [-0.15, -0.1) is 0 Å². The summed E-state index contributed by atoms with van der Waals surface area (Å²) in [4.78, 5) is 34.3. The molecule has 0 aromatic heterocycles. The molecule has 0 heterocycles. The van der Waals surface area contributed by atoms with E-state index in [-0.39, 0.29) is 37.7 Å². The second-order valence-electron chi connectivity index (χ2n) is 6.98. The highest BCUT2D eigenvalue weighted by atomic mass is 16.6. The van der Waals surface area contributed by atoms with Gasteiger partial charge in [0.1, 0.15) is 55.9 Å². The van der Waals surface area contributed by atoms with Gasteiger partial charge in [-0.25, -0.2) is 14.4 Å². The molecule has 0 spiro atoms. The van der Waals surface area contributed by atoms with E-state index in [1.165, 1.54) is 36.4 Å². The van der Waals surface area contributed by atoms with E-state index in [4.69, 9.17) is 23.7 Å². The molecule has 2 aromatic carbocycles. The topological polar surface area (TPSA) is 138 Å². The first kappa shape index (κ1) is 27.1. The van der Waals surface area contributed by atoms with Gasteiger partial charge in [0, 0.05) is 12.2 Å². The van der Waals surface area contributed by atoms with Crippen LogP contribution in [0.2, 0.25) is 0 Å². The fraction of sp³-hybridized carbons (Fsp3) is 0.240. The zero-order chi connectivity index (χ0) is 25.6. The van der Waals surface area contributed by atoms with Gasteiger partial charge in [-0.1, -0.05) is 13.2 Å². The molecule has 186 valence electrons. The number of ether oxygens (including phenoxy) is 5. The summed E-state index contributed by atoms with van der Waals surface area (Å²) >= 11 is 0. The molecule has 0 saturated heterocycles. The molecule has 2 rings (SSSR count). The molecule has 10 nitrogen and oxygen atoms in total. The fourth-order valence-electron chi connectivity index (χ4n) is 2.41. The molecule has 2 N–H and O–H groups in total. The van der Waals surface area contributed by atoms with Crippen LogP contribution in [0.4, 0.5) is 0 Å². The van der Waals surface area contributed by atoms with Crippen LogP contribution in [0.25, 0.3) is 0 Å². The van der Waals surface area contributed by atoms with Crippen LogP contribution in [0.3, 0.4) is 0 Å². The number of aliphatic hydroxyl groups is 2. The highest BCUT2D eigenvalue weighted by Gasteiger charge is 2.12. The Balaban J connectivity index is 1.77. The summed E-state index contributed by atoms with van der Waals surface area (Å²) in [5.74, 6) is -0.779. The maximum absolute atomic E-state index is 12.3. The van der Waals surface area contributed by atoms with Crippen molar-refractivity contribution < 1.29 is 48.3 Å². The highest BCUT2D eigenvalue weighted by molar-refractivity contribution is 5.91. The minimum Gasteiger partial charge on any atom is -0.491 e. The number of aliphatic hydroxyl groups excluding tert-OH is 2. The van der Waals surface area contributed by atoms with E-state index in [1.54, 1.807) is 12.1 Å². The quantitative estimate of drug-likeness (QED) is 0.231. The standard InChI is InChI=1S/C25H26O10/c1-3-23(28)33-15-18(26)13-31-20-7-5-17(6-8-20)25(30)35-22-11-9-21(10-12-22)32-14-19(27)16-34-24(29)4-2/h3-12,18-19,26-27H,1-2,13-16H2. The first-order valence-electron chi connectivity index (χ1n) is 10.4. The number of hydrogen-bond donors (Lipinski definition) is 2. The van der Waals surface area contributed by atoms with Gasteiger partial charge < -0.3 is 33.9 Å². The van der Waals surface area contributed by atoms with Crippen LogP contribution in [0.1, 0.15) is 10.4 Å². The number of carbonyl (C=O) groups is 3. The van der Waals surface area contributed by atoms with Gasteiger partial charge in [-0.05, 0) is 48.5 Å². The molecule has 2 aromatic rings. The largest absolute Gasteiger partial charge is 0.491 e. The second kappa shape index (κ2) is 14.2. The van der Waals surface area contributed by atoms with Crippen LogP contribution < -0.4 is 14.2 Å². The molecular weight excluding hydrogens is 460 g/mol. The minimum absolute atomic E-state index is 0.102. The minimum atomic E-state index is -1.02. The van der Waals surface area contributed by atoms with Gasteiger partial charge >= 0.3 is 17.9 Å². The number of rotatable bonds is 14. The molecule has 2 unspecified atom stereocenters. The maximum Gasteiger partial charge on any atom is 0.343 e. The van der Waals surface area contributed by atoms with E-state index in [9.17, 15) is 24.6 Å². The number of benzene rings is 2. The summed E-state index contributed by atoms with van der Waals surface area (Å²) in [5.41, 5.74) is 0.273. The molecule has 0 bridgehead atoms. The lowest BCUT2D eigenvalue weighted by Gasteiger charge is -2.13. The molecule has 0 saturated carbocycles. The summed E-state index contributed by atoms with van der Waals surface area (Å²) in [7, 11) is 0. The molecule has 0 aliphatic rings. The van der Waals surface area contributed by atoms with Crippen molar-refractivity contribution in [3.8, 4) is 17.2 Å². The summed E-state index contributed by atoms with van der Waals surface area (Å²) in [6.07, 6.45) is -0.0430. The second-order valence-corrected chi connectivity index (χ2v) is 6.98. The van der Waals surface area contributed by atoms with Gasteiger partial charge in [0.15, 0.2) is 0 Å². The predicted molar refractivity (Wildman–Crippen MR) is 123 cm³/mol. The van der Waals surface area contributed by atoms with Crippen molar-refractivity contribution >= 4 is 17.9 Å². The maximum atomic E-state index is 12.3. The highest BCUT2D eigenvalue weighted by Crippen LogP contribution is 2.20. The van der Waals surface area contributed by atoms with Gasteiger partial charge in [-0.3, -0.25) is 0 Å². The van der Waals surface area contributed by atoms with Crippen molar-refractivity contribution in [3.63, 3.8) is 0 Å². The number of esters is 3. The third-order valence-electron chi connectivity index (χ3n) is 4.18. The van der Waals surface area contributed by atoms with Crippen molar-refractivity contribution in [2.24, 2.45) is 0 Å². The van der Waals surface area contributed by atoms with Crippen molar-refractivity contribution in [3.05, 3.63) is 79.4 Å². The van der Waals surface area contributed by atoms with Crippen LogP contribution in [0.15, 0.2) is 73.8 Å². The monoisotopic (exact) mass is 486 g/mol. The van der Waals surface area contributed by atoms with E-state index < -0.39 is 30.1 Å². The lowest BCUT2D eigenvalue weighted by Crippen LogP contribution is -2.24. The van der Waals surface area contributed by atoms with E-state index in [2.05, 4.69) is 13.2 Å². The van der Waals surface area contributed by atoms with Crippen LogP contribution in [0.5, 0.6) is 17.2 Å². The van der Waals surface area contributed by atoms with Crippen LogP contribution in [0, 0.1) is 0 Å². The van der Waals surface area contributed by atoms with E-state index in [1.807, 2.05) is 0 Å². The van der Waals surface area contributed by atoms with Crippen molar-refractivity contribution in [1.29, 1.82) is 0 Å². The third kappa shape index (κ3) is 10.1. The molecular formula is C25H26O10. The van der Waals surface area contributed by atoms with Gasteiger partial charge in [0.25, 0.3) is 0 Å². The summed E-state index contributed by atoms with van der Waals surface area (Å²) in [6.45, 7) is 5.84. The van der Waals surface area contributed by atoms with E-state index in [0.29, 0.717) is 11.5 Å². The van der Waals surface area contributed by atoms with Crippen molar-refractivity contribution in [2.75, 3.05) is 26.4 Å². The van der Waals surface area contributed by atoms with E-state index in [0.717, 1.165) is 12.2 Å². The molecule has 2 atom stereocenters. The SMILES string of the molecule is C=CC(=O)OCC(O)COc1ccc(OC(=O)c2ccc(OCC(O)COC(=O)C=C)cc2)cc1. The Labute approximate surface area is 201 Å². The summed E-state index contributed by atoms with van der Waals surface area (Å²) in [6, 6.07) is 12.2. The number of hydrogen-bond acceptors (Lipinski definition) is 10. The predicted octanol–water partition coefficient (Wildman–Crippen LogP) is 1.84. The third-order valence-corrected chi connectivity index (χ3v) is 4.18. The van der Waals surface area contributed by atoms with Crippen LogP contribution >= 0.6 is 0 Å². The molecule has 0 aliphatic heterocycles. The van der Waals surface area contributed by atoms with Crippen LogP contribution in [-0.4, -0.2) is 66.8 Å². The fourth-order valence-corrected chi connectivity index (χ4v) is 2.41. The smallest absolute Gasteiger partial charge is 0.343 e. The first-order chi connectivity index (χ1) is 16.8. The Bertz CT molecular complexity index is 998. The average Bonchev–Trinajstić information content (AvgIpc) is 2.88. The van der Waals surface area contributed by atoms with Gasteiger partial charge in [0.05, 0.1) is 5.56 Å². The molecule has 0 fully saturated rings. The molecule has 35 heavy (non-hydrogen) atoms. The van der Waals surface area contributed by atoms with Crippen molar-refractivity contribution in [1.82, 2.24) is 0 Å².